The molecule has 0 amide bonds. The van der Waals surface area contributed by atoms with E-state index in [1.165, 1.54) is 0 Å². The minimum absolute atomic E-state index is 0.0368. The van der Waals surface area contributed by atoms with Crippen LogP contribution in [-0.4, -0.2) is 22.2 Å². The molecule has 0 radical (unpaired) electrons. The first kappa shape index (κ1) is 14.6. The molecular formula is C15H16ClNO3. The van der Waals surface area contributed by atoms with Crippen molar-refractivity contribution in [3.8, 4) is 5.75 Å². The van der Waals surface area contributed by atoms with Crippen molar-refractivity contribution in [2.45, 2.75) is 32.8 Å². The van der Waals surface area contributed by atoms with Crippen LogP contribution in [0.2, 0.25) is 5.15 Å². The Bertz CT molecular complexity index is 640. The summed E-state index contributed by atoms with van der Waals surface area (Å²) < 4.78 is 5.64. The molecule has 0 fully saturated rings. The molecular weight excluding hydrogens is 278 g/mol. The molecule has 2 rings (SSSR count). The number of nitrogens with zero attached hydrogens (tertiary/aromatic N) is 1. The van der Waals surface area contributed by atoms with Gasteiger partial charge in [-0.05, 0) is 50.1 Å². The van der Waals surface area contributed by atoms with E-state index in [0.29, 0.717) is 11.6 Å². The van der Waals surface area contributed by atoms with Crippen LogP contribution in [0.25, 0.3) is 10.9 Å². The summed E-state index contributed by atoms with van der Waals surface area (Å²) in [7, 11) is 0. The monoisotopic (exact) mass is 293 g/mol. The van der Waals surface area contributed by atoms with Gasteiger partial charge in [0.2, 0.25) is 0 Å². The fraction of sp³-hybridized carbons (Fsp3) is 0.333. The van der Waals surface area contributed by atoms with Gasteiger partial charge in [0.15, 0.2) is 0 Å². The maximum absolute atomic E-state index is 10.6. The van der Waals surface area contributed by atoms with Crippen LogP contribution in [0.15, 0.2) is 24.3 Å². The number of fused-ring (bicyclic) bond motifs is 1. The summed E-state index contributed by atoms with van der Waals surface area (Å²) >= 11 is 6.08. The lowest BCUT2D eigenvalue weighted by Crippen LogP contribution is -2.05. The van der Waals surface area contributed by atoms with Crippen molar-refractivity contribution >= 4 is 28.5 Å². The molecule has 0 unspecified atom stereocenters. The predicted octanol–water partition coefficient (Wildman–Crippen LogP) is 3.69. The number of benzene rings is 1. The SMILES string of the molecule is CC(C)Oc1ccc2nc(Cl)c(CCC(=O)O)cc2c1. The molecule has 1 N–H and O–H groups in total. The van der Waals surface area contributed by atoms with E-state index < -0.39 is 5.97 Å². The lowest BCUT2D eigenvalue weighted by molar-refractivity contribution is -0.136. The summed E-state index contributed by atoms with van der Waals surface area (Å²) in [6, 6.07) is 7.46. The number of aliphatic carboxylic acids is 1. The number of carboxylic acids is 1. The van der Waals surface area contributed by atoms with Gasteiger partial charge < -0.3 is 9.84 Å². The van der Waals surface area contributed by atoms with Gasteiger partial charge in [-0.2, -0.15) is 0 Å². The molecule has 0 atom stereocenters. The number of hydrogen-bond donors (Lipinski definition) is 1. The summed E-state index contributed by atoms with van der Waals surface area (Å²) in [6.45, 7) is 3.92. The van der Waals surface area contributed by atoms with Gasteiger partial charge in [-0.25, -0.2) is 4.98 Å². The van der Waals surface area contributed by atoms with Crippen LogP contribution in [-0.2, 0) is 11.2 Å². The summed E-state index contributed by atoms with van der Waals surface area (Å²) in [5.74, 6) is -0.0844. The number of pyridine rings is 1. The molecule has 0 aliphatic carbocycles. The van der Waals surface area contributed by atoms with Crippen LogP contribution in [0, 0.1) is 0 Å². The molecule has 0 aliphatic rings. The van der Waals surface area contributed by atoms with Crippen LogP contribution in [0.5, 0.6) is 5.75 Å². The van der Waals surface area contributed by atoms with E-state index in [4.69, 9.17) is 21.4 Å². The fourth-order valence-corrected chi connectivity index (χ4v) is 2.18. The molecule has 0 saturated heterocycles. The van der Waals surface area contributed by atoms with Crippen LogP contribution in [0.1, 0.15) is 25.8 Å². The summed E-state index contributed by atoms with van der Waals surface area (Å²) in [4.78, 5) is 14.9. The van der Waals surface area contributed by atoms with Crippen molar-refractivity contribution in [2.75, 3.05) is 0 Å². The van der Waals surface area contributed by atoms with Gasteiger partial charge in [-0.1, -0.05) is 11.6 Å². The molecule has 0 saturated carbocycles. The minimum Gasteiger partial charge on any atom is -0.491 e. The third-order valence-electron chi connectivity index (χ3n) is 2.79. The van der Waals surface area contributed by atoms with E-state index in [1.807, 2.05) is 38.1 Å². The highest BCUT2D eigenvalue weighted by Crippen LogP contribution is 2.25. The third kappa shape index (κ3) is 3.61. The first-order valence-corrected chi connectivity index (χ1v) is 6.81. The molecule has 0 spiro atoms. The van der Waals surface area contributed by atoms with Gasteiger partial charge >= 0.3 is 5.97 Å². The number of ether oxygens (including phenoxy) is 1. The predicted molar refractivity (Wildman–Crippen MR) is 78.5 cm³/mol. The number of aryl methyl sites for hydroxylation is 1. The second-order valence-electron chi connectivity index (χ2n) is 4.85. The third-order valence-corrected chi connectivity index (χ3v) is 3.12. The number of rotatable bonds is 5. The van der Waals surface area contributed by atoms with Crippen LogP contribution in [0.3, 0.4) is 0 Å². The highest BCUT2D eigenvalue weighted by molar-refractivity contribution is 6.30. The smallest absolute Gasteiger partial charge is 0.303 e. The van der Waals surface area contributed by atoms with Crippen molar-refractivity contribution in [1.29, 1.82) is 0 Å². The number of hydrogen-bond acceptors (Lipinski definition) is 3. The first-order valence-electron chi connectivity index (χ1n) is 6.43. The van der Waals surface area contributed by atoms with Gasteiger partial charge in [-0.15, -0.1) is 0 Å². The quantitative estimate of drug-likeness (QED) is 0.854. The van der Waals surface area contributed by atoms with Crippen molar-refractivity contribution in [3.63, 3.8) is 0 Å². The molecule has 0 bridgehead atoms. The number of halogens is 1. The van der Waals surface area contributed by atoms with Gasteiger partial charge in [-0.3, -0.25) is 4.79 Å². The molecule has 1 aromatic heterocycles. The Hall–Kier alpha value is -1.81. The van der Waals surface area contributed by atoms with E-state index in [9.17, 15) is 4.79 Å². The summed E-state index contributed by atoms with van der Waals surface area (Å²) in [5, 5.41) is 9.99. The van der Waals surface area contributed by atoms with Crippen LogP contribution < -0.4 is 4.74 Å². The van der Waals surface area contributed by atoms with E-state index in [2.05, 4.69) is 4.98 Å². The largest absolute Gasteiger partial charge is 0.491 e. The van der Waals surface area contributed by atoms with E-state index in [1.54, 1.807) is 0 Å². The lowest BCUT2D eigenvalue weighted by Gasteiger charge is -2.11. The topological polar surface area (TPSA) is 59.4 Å². The van der Waals surface area contributed by atoms with E-state index >= 15 is 0 Å². The standard InChI is InChI=1S/C15H16ClNO3/c1-9(2)20-12-4-5-13-11(8-12)7-10(15(16)17-13)3-6-14(18)19/h4-5,7-9H,3,6H2,1-2H3,(H,18,19). The van der Waals surface area contributed by atoms with Gasteiger partial charge in [0, 0.05) is 11.8 Å². The summed E-state index contributed by atoms with van der Waals surface area (Å²) in [5.41, 5.74) is 1.51. The molecule has 0 aliphatic heterocycles. The van der Waals surface area contributed by atoms with E-state index in [-0.39, 0.29) is 12.5 Å². The number of carbonyl (C=O) groups is 1. The van der Waals surface area contributed by atoms with Crippen molar-refractivity contribution in [3.05, 3.63) is 35.0 Å². The Labute approximate surface area is 122 Å². The number of aromatic nitrogens is 1. The van der Waals surface area contributed by atoms with Crippen molar-refractivity contribution < 1.29 is 14.6 Å². The Morgan fingerprint density at radius 1 is 1.40 bits per heavy atom. The zero-order chi connectivity index (χ0) is 14.7. The second-order valence-corrected chi connectivity index (χ2v) is 5.21. The zero-order valence-electron chi connectivity index (χ0n) is 11.4. The van der Waals surface area contributed by atoms with Crippen molar-refractivity contribution in [1.82, 2.24) is 4.98 Å². The lowest BCUT2D eigenvalue weighted by atomic mass is 10.1. The highest BCUT2D eigenvalue weighted by Gasteiger charge is 2.08. The Morgan fingerprint density at radius 2 is 2.15 bits per heavy atom. The normalized spacial score (nSPS) is 11.0. The molecule has 106 valence electrons. The highest BCUT2D eigenvalue weighted by atomic mass is 35.5. The van der Waals surface area contributed by atoms with Gasteiger partial charge in [0.25, 0.3) is 0 Å². The van der Waals surface area contributed by atoms with Gasteiger partial charge in [0.05, 0.1) is 11.6 Å². The molecule has 20 heavy (non-hydrogen) atoms. The maximum atomic E-state index is 10.6. The molecule has 5 heteroatoms. The van der Waals surface area contributed by atoms with Gasteiger partial charge in [0.1, 0.15) is 10.9 Å². The van der Waals surface area contributed by atoms with Crippen LogP contribution >= 0.6 is 11.6 Å². The fourth-order valence-electron chi connectivity index (χ4n) is 1.94. The van der Waals surface area contributed by atoms with E-state index in [0.717, 1.165) is 22.2 Å². The Kier molecular flexibility index (Phi) is 4.45. The van der Waals surface area contributed by atoms with Crippen molar-refractivity contribution in [2.24, 2.45) is 0 Å². The van der Waals surface area contributed by atoms with Crippen LogP contribution in [0.4, 0.5) is 0 Å². The Balaban J connectivity index is 2.35. The average molecular weight is 294 g/mol. The minimum atomic E-state index is -0.849. The second kappa shape index (κ2) is 6.09. The average Bonchev–Trinajstić information content (AvgIpc) is 2.36. The molecule has 1 heterocycles. The first-order chi connectivity index (χ1) is 9.45. The number of carboxylic acid groups (broad SMARTS) is 1. The Morgan fingerprint density at radius 3 is 2.80 bits per heavy atom. The molecule has 2 aromatic rings. The zero-order valence-corrected chi connectivity index (χ0v) is 12.1. The summed E-state index contributed by atoms with van der Waals surface area (Å²) in [6.07, 6.45) is 0.501. The molecule has 4 nitrogen and oxygen atoms in total. The molecule has 1 aromatic carbocycles. The maximum Gasteiger partial charge on any atom is 0.303 e.